The van der Waals surface area contributed by atoms with E-state index in [0.29, 0.717) is 6.07 Å². The van der Waals surface area contributed by atoms with Gasteiger partial charge in [0.25, 0.3) is 0 Å². The number of carbonyl (C=O) groups excluding carboxylic acids is 1. The zero-order valence-corrected chi connectivity index (χ0v) is 26.3. The third-order valence-electron chi connectivity index (χ3n) is 7.03. The Balaban J connectivity index is 0.000000169. The summed E-state index contributed by atoms with van der Waals surface area (Å²) in [5.74, 6) is -1.65. The maximum atomic E-state index is 10.4. The van der Waals surface area contributed by atoms with Crippen molar-refractivity contribution < 1.29 is 37.6 Å². The van der Waals surface area contributed by atoms with Gasteiger partial charge in [0, 0.05) is 71.1 Å². The molecule has 0 saturated carbocycles. The SMILES string of the molecule is O.O.O=C([O-])c1cc(=O)[nH]c(=O)[n-]1.[Co+2].c1cnc2c(c1)c1nccnc1c1cccnc12.c1cnc2c(c1)c1nccnc1c1cccnc12. The van der Waals surface area contributed by atoms with Crippen LogP contribution >= 0.6 is 0 Å². The van der Waals surface area contributed by atoms with Crippen LogP contribution < -0.4 is 21.3 Å². The van der Waals surface area contributed by atoms with Gasteiger partial charge in [0.05, 0.1) is 50.1 Å². The summed E-state index contributed by atoms with van der Waals surface area (Å²) in [6.45, 7) is 0. The minimum Gasteiger partial charge on any atom is -0.545 e. The quantitative estimate of drug-likeness (QED) is 0.231. The number of hydrogen-bond acceptors (Lipinski definition) is 12. The summed E-state index contributed by atoms with van der Waals surface area (Å²) in [4.78, 5) is 71.0. The minimum absolute atomic E-state index is 0. The first kappa shape index (κ1) is 36.2. The molecule has 0 aliphatic carbocycles. The van der Waals surface area contributed by atoms with Gasteiger partial charge in [-0.25, -0.2) is 0 Å². The summed E-state index contributed by atoms with van der Waals surface area (Å²) < 4.78 is 0. The van der Waals surface area contributed by atoms with E-state index in [0.717, 1.165) is 65.7 Å². The van der Waals surface area contributed by atoms with Crippen LogP contribution in [0.3, 0.4) is 0 Å². The number of pyridine rings is 4. The van der Waals surface area contributed by atoms with E-state index in [-0.39, 0.29) is 27.7 Å². The molecule has 0 aliphatic rings. The van der Waals surface area contributed by atoms with Gasteiger partial charge in [-0.2, -0.15) is 0 Å². The average molecular weight is 714 g/mol. The normalized spacial score (nSPS) is 10.2. The molecule has 0 aliphatic heterocycles. The zero-order chi connectivity index (χ0) is 32.3. The molecule has 0 saturated heterocycles. The van der Waals surface area contributed by atoms with Crippen LogP contribution in [0.5, 0.6) is 0 Å². The van der Waals surface area contributed by atoms with Gasteiger partial charge in [0.2, 0.25) is 0 Å². The number of carboxylic acid groups (broad SMARTS) is 1. The molecule has 0 bridgehead atoms. The summed E-state index contributed by atoms with van der Waals surface area (Å²) in [6.07, 6.45) is 13.9. The molecule has 0 unspecified atom stereocenters. The van der Waals surface area contributed by atoms with Gasteiger partial charge >= 0.3 is 16.8 Å². The molecule has 16 nitrogen and oxygen atoms in total. The van der Waals surface area contributed by atoms with E-state index in [4.69, 9.17) is 0 Å². The fraction of sp³-hybridized carbons (Fsp3) is 0. The van der Waals surface area contributed by atoms with Crippen molar-refractivity contribution in [3.05, 3.63) is 131 Å². The number of fused-ring (bicyclic) bond motifs is 12. The maximum Gasteiger partial charge on any atom is 2.00 e. The molecule has 9 aromatic rings. The molecule has 7 aromatic heterocycles. The van der Waals surface area contributed by atoms with Gasteiger partial charge in [0.1, 0.15) is 0 Å². The number of rotatable bonds is 1. The van der Waals surface area contributed by atoms with Crippen LogP contribution in [-0.2, 0) is 16.8 Å². The molecule has 0 spiro atoms. The van der Waals surface area contributed by atoms with Crippen molar-refractivity contribution in [3.8, 4) is 0 Å². The van der Waals surface area contributed by atoms with Gasteiger partial charge in [-0.1, -0.05) is 0 Å². The van der Waals surface area contributed by atoms with Crippen molar-refractivity contribution >= 4 is 71.6 Å². The summed E-state index contributed by atoms with van der Waals surface area (Å²) in [6, 6.07) is 16.3. The van der Waals surface area contributed by atoms with Crippen LogP contribution in [0, 0.1) is 0 Å². The van der Waals surface area contributed by atoms with Crippen LogP contribution in [0.1, 0.15) is 10.5 Å². The monoisotopic (exact) mass is 713 g/mol. The van der Waals surface area contributed by atoms with Crippen LogP contribution in [0.2, 0.25) is 0 Å². The first-order valence-electron chi connectivity index (χ1n) is 13.9. The number of aromatic amines is 1. The summed E-state index contributed by atoms with van der Waals surface area (Å²) in [5.41, 5.74) is 4.56. The molecule has 17 heteroatoms. The number of H-pyrrole nitrogens is 1. The molecule has 0 atom stereocenters. The molecule has 9 rings (SSSR count). The second kappa shape index (κ2) is 15.5. The van der Waals surface area contributed by atoms with Gasteiger partial charge in [-0.05, 0) is 60.3 Å². The topological polar surface area (TPSA) is 270 Å². The Morgan fingerprint density at radius 2 is 0.800 bits per heavy atom. The average Bonchev–Trinajstić information content (AvgIpc) is 3.12. The predicted molar refractivity (Wildman–Crippen MR) is 178 cm³/mol. The number of nitrogens with zero attached hydrogens (tertiary/aromatic N) is 9. The largest absolute Gasteiger partial charge is 2.00 e. The second-order valence-corrected chi connectivity index (χ2v) is 9.83. The van der Waals surface area contributed by atoms with E-state index in [1.54, 1.807) is 54.6 Å². The van der Waals surface area contributed by atoms with Crippen molar-refractivity contribution in [3.63, 3.8) is 0 Å². The number of hydrogen-bond donors (Lipinski definition) is 1. The summed E-state index contributed by atoms with van der Waals surface area (Å²) in [5, 5.41) is 14.0. The van der Waals surface area contributed by atoms with E-state index in [1.807, 2.05) is 48.5 Å². The molecule has 7 heterocycles. The number of carbonyl (C=O) groups is 1. The van der Waals surface area contributed by atoms with Crippen LogP contribution in [0.15, 0.2) is 114 Å². The van der Waals surface area contributed by atoms with Gasteiger partial charge in [-0.15, -0.1) is 0 Å². The Kier molecular flexibility index (Phi) is 11.2. The number of nitrogens with one attached hydrogen (secondary N) is 1. The summed E-state index contributed by atoms with van der Waals surface area (Å²) in [7, 11) is 0. The maximum absolute atomic E-state index is 10.4. The molecule has 1 radical (unpaired) electrons. The predicted octanol–water partition coefficient (Wildman–Crippen LogP) is 0.856. The molecule has 0 fully saturated rings. The first-order chi connectivity index (χ1) is 23.0. The number of aromatic nitrogens is 10. The fourth-order valence-electron chi connectivity index (χ4n) is 5.14. The standard InChI is InChI=1S/2C14H8N4.C5H4N2O4.Co.2H2O/c2*1-3-9-11(15-5-1)12-10(4-2-6-16-12)14-13(9)17-7-8-18-14;8-3-1-2(4(9)10)6-5(11)7-3;;;/h2*1-8H;1H,(H3,6,7,8,9,10,11);;2*1H2/q;;;+2;;/p-2. The van der Waals surface area contributed by atoms with Gasteiger partial charge in [0.15, 0.2) is 11.2 Å². The smallest absolute Gasteiger partial charge is 0.545 e. The van der Waals surface area contributed by atoms with Crippen LogP contribution in [0.4, 0.5) is 0 Å². The molecular weight excluding hydrogens is 691 g/mol. The molecule has 249 valence electrons. The van der Waals surface area contributed by atoms with E-state index < -0.39 is 22.9 Å². The van der Waals surface area contributed by atoms with Crippen molar-refractivity contribution in [1.82, 2.24) is 49.8 Å². The Labute approximate surface area is 289 Å². The molecule has 50 heavy (non-hydrogen) atoms. The van der Waals surface area contributed by atoms with E-state index in [9.17, 15) is 19.5 Å². The number of aromatic carboxylic acids is 1. The van der Waals surface area contributed by atoms with Crippen molar-refractivity contribution in [2.75, 3.05) is 0 Å². The van der Waals surface area contributed by atoms with Gasteiger partial charge < -0.3 is 30.8 Å². The van der Waals surface area contributed by atoms with Crippen molar-refractivity contribution in [1.29, 1.82) is 0 Å². The zero-order valence-electron chi connectivity index (χ0n) is 25.3. The fourth-order valence-corrected chi connectivity index (χ4v) is 5.14. The Morgan fingerprint density at radius 3 is 1.06 bits per heavy atom. The third kappa shape index (κ3) is 6.82. The number of benzene rings is 2. The third-order valence-corrected chi connectivity index (χ3v) is 7.03. The Bertz CT molecular complexity index is 2140. The second-order valence-electron chi connectivity index (χ2n) is 9.83. The number of carboxylic acids is 1. The van der Waals surface area contributed by atoms with E-state index in [1.165, 1.54) is 0 Å². The molecule has 5 N–H and O–H groups in total. The first-order valence-corrected chi connectivity index (χ1v) is 13.9. The molecular formula is C33H22CoN10O6. The van der Waals surface area contributed by atoms with E-state index in [2.05, 4.69) is 44.9 Å². The summed E-state index contributed by atoms with van der Waals surface area (Å²) >= 11 is 0. The Hall–Kier alpha value is -6.66. The van der Waals surface area contributed by atoms with Crippen molar-refractivity contribution in [2.45, 2.75) is 0 Å². The van der Waals surface area contributed by atoms with E-state index >= 15 is 0 Å². The molecule has 2 aromatic carbocycles. The van der Waals surface area contributed by atoms with Crippen LogP contribution in [0.25, 0.3) is 65.7 Å². The minimum atomic E-state index is -1.65. The molecule has 0 amide bonds. The van der Waals surface area contributed by atoms with Crippen LogP contribution in [-0.4, -0.2) is 61.8 Å². The Morgan fingerprint density at radius 1 is 0.520 bits per heavy atom. The van der Waals surface area contributed by atoms with Gasteiger partial charge in [-0.3, -0.25) is 49.5 Å². The van der Waals surface area contributed by atoms with Crippen molar-refractivity contribution in [2.24, 2.45) is 0 Å².